The molecule has 4 rings (SSSR count). The molecule has 1 heterocycles. The minimum atomic E-state index is -4.76. The molecule has 0 radical (unpaired) electrons. The van der Waals surface area contributed by atoms with Gasteiger partial charge in [0.1, 0.15) is 17.1 Å². The van der Waals surface area contributed by atoms with E-state index < -0.39 is 12.4 Å². The number of carbonyl (C=O) groups excluding carboxylic acids is 1. The molecule has 0 saturated carbocycles. The van der Waals surface area contributed by atoms with Crippen LogP contribution in [0.25, 0.3) is 17.1 Å². The zero-order chi connectivity index (χ0) is 28.2. The Morgan fingerprint density at radius 2 is 1.82 bits per heavy atom. The van der Waals surface area contributed by atoms with Crippen LogP contribution in [0.15, 0.2) is 73.1 Å². The van der Waals surface area contributed by atoms with Gasteiger partial charge in [-0.15, -0.1) is 18.3 Å². The van der Waals surface area contributed by atoms with E-state index in [1.807, 2.05) is 43.3 Å². The van der Waals surface area contributed by atoms with Gasteiger partial charge in [0.2, 0.25) is 0 Å². The van der Waals surface area contributed by atoms with E-state index in [2.05, 4.69) is 45.4 Å². The molecule has 7 nitrogen and oxygen atoms in total. The molecule has 0 unspecified atom stereocenters. The van der Waals surface area contributed by atoms with Crippen molar-refractivity contribution in [2.45, 2.75) is 39.6 Å². The maximum Gasteiger partial charge on any atom is 0.573 e. The van der Waals surface area contributed by atoms with E-state index in [-0.39, 0.29) is 18.2 Å². The predicted octanol–water partition coefficient (Wildman–Crippen LogP) is 6.44. The second kappa shape index (κ2) is 11.6. The van der Waals surface area contributed by atoms with Crippen LogP contribution < -0.4 is 15.4 Å². The highest BCUT2D eigenvalue weighted by atomic mass is 32.1. The van der Waals surface area contributed by atoms with Crippen molar-refractivity contribution < 1.29 is 22.7 Å². The summed E-state index contributed by atoms with van der Waals surface area (Å²) in [6.07, 6.45) is -3.29. The Morgan fingerprint density at radius 1 is 1.08 bits per heavy atom. The number of aryl methyl sites for hydroxylation is 1. The highest BCUT2D eigenvalue weighted by molar-refractivity contribution is 7.80. The Hall–Kier alpha value is -4.25. The number of amides is 2. The molecule has 39 heavy (non-hydrogen) atoms. The van der Waals surface area contributed by atoms with Gasteiger partial charge in [-0.3, -0.25) is 5.32 Å². The number of nitrogens with zero attached hydrogens (tertiary/aromatic N) is 3. The summed E-state index contributed by atoms with van der Waals surface area (Å²) in [6, 6.07) is 18.2. The fraction of sp³-hybridized carbons (Fsp3) is 0.214. The molecule has 202 valence electrons. The van der Waals surface area contributed by atoms with Crippen LogP contribution in [0.1, 0.15) is 42.0 Å². The molecule has 0 bridgehead atoms. The lowest BCUT2D eigenvalue weighted by Gasteiger charge is -2.15. The highest BCUT2D eigenvalue weighted by Gasteiger charge is 2.31. The van der Waals surface area contributed by atoms with Gasteiger partial charge in [-0.05, 0) is 54.3 Å². The SMILES string of the molecule is Cc1ccc(C(=S)NC(=O)NCc2cccc(-c3ncn(-c4ccc(OC(F)(F)F)cc4)n3)c2)c(C(C)C)c1. The zero-order valence-electron chi connectivity index (χ0n) is 21.4. The largest absolute Gasteiger partial charge is 0.573 e. The van der Waals surface area contributed by atoms with Crippen molar-refractivity contribution in [1.82, 2.24) is 25.4 Å². The van der Waals surface area contributed by atoms with E-state index in [4.69, 9.17) is 12.2 Å². The molecule has 4 aromatic rings. The first kappa shape index (κ1) is 27.8. The summed E-state index contributed by atoms with van der Waals surface area (Å²) in [5, 5.41) is 9.98. The van der Waals surface area contributed by atoms with Crippen LogP contribution in [-0.4, -0.2) is 32.1 Å². The standard InChI is InChI=1S/C28H26F3N5O2S/c1-17(2)24-13-18(3)7-12-23(24)26(39)34-27(37)32-15-19-5-4-6-20(14-19)25-33-16-36(35-25)21-8-10-22(11-9-21)38-28(29,30)31/h4-14,16-17H,15H2,1-3H3,(H2,32,34,37,39). The molecule has 11 heteroatoms. The second-order valence-corrected chi connectivity index (χ2v) is 9.55. The van der Waals surface area contributed by atoms with Crippen molar-refractivity contribution in [1.29, 1.82) is 0 Å². The molecule has 2 N–H and O–H groups in total. The van der Waals surface area contributed by atoms with Crippen molar-refractivity contribution in [3.05, 3.63) is 95.3 Å². The molecule has 3 aromatic carbocycles. The van der Waals surface area contributed by atoms with Crippen LogP contribution in [0.3, 0.4) is 0 Å². The van der Waals surface area contributed by atoms with Crippen LogP contribution >= 0.6 is 12.2 Å². The number of rotatable bonds is 7. The number of ether oxygens (including phenoxy) is 1. The minimum absolute atomic E-state index is 0.245. The third kappa shape index (κ3) is 7.41. The van der Waals surface area contributed by atoms with Crippen LogP contribution in [0.2, 0.25) is 0 Å². The van der Waals surface area contributed by atoms with Crippen molar-refractivity contribution in [2.75, 3.05) is 0 Å². The van der Waals surface area contributed by atoms with E-state index >= 15 is 0 Å². The average molecular weight is 554 g/mol. The first-order chi connectivity index (χ1) is 18.5. The topological polar surface area (TPSA) is 81.1 Å². The molecule has 1 aromatic heterocycles. The number of carbonyl (C=O) groups is 1. The van der Waals surface area contributed by atoms with Crippen molar-refractivity contribution in [3.63, 3.8) is 0 Å². The van der Waals surface area contributed by atoms with Crippen LogP contribution in [-0.2, 0) is 6.54 Å². The highest BCUT2D eigenvalue weighted by Crippen LogP contribution is 2.24. The molecule has 0 fully saturated rings. The lowest BCUT2D eigenvalue weighted by molar-refractivity contribution is -0.274. The molecule has 0 aliphatic rings. The van der Waals surface area contributed by atoms with Gasteiger partial charge in [-0.2, -0.15) is 0 Å². The summed E-state index contributed by atoms with van der Waals surface area (Å²) < 4.78 is 42.5. The second-order valence-electron chi connectivity index (χ2n) is 9.14. The van der Waals surface area contributed by atoms with Gasteiger partial charge in [-0.1, -0.05) is 68.0 Å². The number of hydrogen-bond donors (Lipinski definition) is 2. The first-order valence-electron chi connectivity index (χ1n) is 12.1. The quantitative estimate of drug-likeness (QED) is 0.258. The van der Waals surface area contributed by atoms with Crippen molar-refractivity contribution >= 4 is 23.2 Å². The Morgan fingerprint density at radius 3 is 2.51 bits per heavy atom. The van der Waals surface area contributed by atoms with Gasteiger partial charge >= 0.3 is 12.4 Å². The smallest absolute Gasteiger partial charge is 0.406 e. The van der Waals surface area contributed by atoms with E-state index in [1.54, 1.807) is 0 Å². The minimum Gasteiger partial charge on any atom is -0.406 e. The Balaban J connectivity index is 1.38. The molecular weight excluding hydrogens is 527 g/mol. The average Bonchev–Trinajstić information content (AvgIpc) is 3.37. The van der Waals surface area contributed by atoms with E-state index in [0.29, 0.717) is 22.1 Å². The molecule has 0 aliphatic carbocycles. The number of halogens is 3. The van der Waals surface area contributed by atoms with Gasteiger partial charge in [-0.25, -0.2) is 14.5 Å². The molecule has 0 spiro atoms. The summed E-state index contributed by atoms with van der Waals surface area (Å²) in [5.41, 5.74) is 5.07. The summed E-state index contributed by atoms with van der Waals surface area (Å²) in [5.74, 6) is 0.347. The van der Waals surface area contributed by atoms with Crippen LogP contribution in [0.5, 0.6) is 5.75 Å². The molecule has 0 aliphatic heterocycles. The van der Waals surface area contributed by atoms with Crippen molar-refractivity contribution in [3.8, 4) is 22.8 Å². The number of nitrogens with one attached hydrogen (secondary N) is 2. The van der Waals surface area contributed by atoms with Gasteiger partial charge in [0, 0.05) is 17.7 Å². The normalized spacial score (nSPS) is 11.4. The van der Waals surface area contributed by atoms with E-state index in [0.717, 1.165) is 22.3 Å². The molecule has 0 atom stereocenters. The number of alkyl halides is 3. The number of thiocarbonyl (C=S) groups is 1. The third-order valence-corrected chi connectivity index (χ3v) is 6.09. The third-order valence-electron chi connectivity index (χ3n) is 5.77. The number of urea groups is 1. The summed E-state index contributed by atoms with van der Waals surface area (Å²) >= 11 is 5.49. The molecule has 2 amide bonds. The summed E-state index contributed by atoms with van der Waals surface area (Å²) in [4.78, 5) is 17.2. The Bertz CT molecular complexity index is 1480. The lowest BCUT2D eigenvalue weighted by atomic mass is 9.95. The van der Waals surface area contributed by atoms with Crippen molar-refractivity contribution in [2.24, 2.45) is 0 Å². The molecular formula is C28H26F3N5O2S. The Kier molecular flexibility index (Phi) is 8.29. The number of hydrogen-bond acceptors (Lipinski definition) is 5. The van der Waals surface area contributed by atoms with Crippen LogP contribution in [0, 0.1) is 6.92 Å². The number of benzene rings is 3. The van der Waals surface area contributed by atoms with Gasteiger partial charge in [0.05, 0.1) is 5.69 Å². The summed E-state index contributed by atoms with van der Waals surface area (Å²) in [7, 11) is 0. The molecule has 0 saturated heterocycles. The van der Waals surface area contributed by atoms with Crippen LogP contribution in [0.4, 0.5) is 18.0 Å². The zero-order valence-corrected chi connectivity index (χ0v) is 22.2. The monoisotopic (exact) mass is 553 g/mol. The lowest BCUT2D eigenvalue weighted by Crippen LogP contribution is -2.39. The number of aromatic nitrogens is 3. The fourth-order valence-electron chi connectivity index (χ4n) is 3.90. The maximum atomic E-state index is 12.6. The predicted molar refractivity (Wildman–Crippen MR) is 146 cm³/mol. The van der Waals surface area contributed by atoms with Gasteiger partial charge in [0.15, 0.2) is 5.82 Å². The first-order valence-corrected chi connectivity index (χ1v) is 12.5. The van der Waals surface area contributed by atoms with E-state index in [9.17, 15) is 18.0 Å². The van der Waals surface area contributed by atoms with Gasteiger partial charge in [0.25, 0.3) is 0 Å². The summed E-state index contributed by atoms with van der Waals surface area (Å²) in [6.45, 7) is 6.42. The van der Waals surface area contributed by atoms with E-state index in [1.165, 1.54) is 35.3 Å². The van der Waals surface area contributed by atoms with Gasteiger partial charge < -0.3 is 10.1 Å². The fourth-order valence-corrected chi connectivity index (χ4v) is 4.18. The Labute approximate surface area is 229 Å². The maximum absolute atomic E-state index is 12.6.